The van der Waals surface area contributed by atoms with Gasteiger partial charge in [-0.2, -0.15) is 13.2 Å². The molecule has 0 saturated carbocycles. The summed E-state index contributed by atoms with van der Waals surface area (Å²) in [6.45, 7) is 3.23. The summed E-state index contributed by atoms with van der Waals surface area (Å²) in [5, 5.41) is 3.21. The van der Waals surface area contributed by atoms with E-state index in [1.54, 1.807) is 0 Å². The zero-order valence-corrected chi connectivity index (χ0v) is 12.8. The lowest BCUT2D eigenvalue weighted by Gasteiger charge is -2.19. The van der Waals surface area contributed by atoms with Gasteiger partial charge in [0.25, 0.3) is 0 Å². The van der Waals surface area contributed by atoms with Crippen molar-refractivity contribution in [2.75, 3.05) is 20.6 Å². The van der Waals surface area contributed by atoms with Crippen molar-refractivity contribution in [3.63, 3.8) is 0 Å². The van der Waals surface area contributed by atoms with Crippen molar-refractivity contribution in [2.45, 2.75) is 25.7 Å². The van der Waals surface area contributed by atoms with Gasteiger partial charge in [-0.05, 0) is 44.8 Å². The molecule has 0 aliphatic carbocycles. The summed E-state index contributed by atoms with van der Waals surface area (Å²) >= 11 is 3.28. The summed E-state index contributed by atoms with van der Waals surface area (Å²) in [4.78, 5) is 2.03. The topological polar surface area (TPSA) is 15.3 Å². The van der Waals surface area contributed by atoms with Crippen LogP contribution in [-0.2, 0) is 12.7 Å². The molecule has 1 aromatic carbocycles. The Hall–Kier alpha value is -0.590. The van der Waals surface area contributed by atoms with Gasteiger partial charge in [-0.3, -0.25) is 0 Å². The number of halogens is 4. The van der Waals surface area contributed by atoms with Crippen LogP contribution < -0.4 is 5.32 Å². The van der Waals surface area contributed by atoms with E-state index in [9.17, 15) is 13.2 Å². The number of hydrogen-bond acceptors (Lipinski definition) is 2. The van der Waals surface area contributed by atoms with Gasteiger partial charge in [-0.15, -0.1) is 0 Å². The summed E-state index contributed by atoms with van der Waals surface area (Å²) < 4.78 is 38.6. The Morgan fingerprint density at radius 1 is 1.32 bits per heavy atom. The minimum atomic E-state index is -4.30. The fraction of sp³-hybridized carbons (Fsp3) is 0.538. The van der Waals surface area contributed by atoms with Gasteiger partial charge in [0.2, 0.25) is 0 Å². The summed E-state index contributed by atoms with van der Waals surface area (Å²) in [5.74, 6) is 0. The SMILES string of the molecule is CC(CN(C)C)NCc1cc(C(F)(F)F)ccc1Br. The number of nitrogens with zero attached hydrogens (tertiary/aromatic N) is 1. The van der Waals surface area contributed by atoms with Crippen molar-refractivity contribution >= 4 is 15.9 Å². The van der Waals surface area contributed by atoms with E-state index in [-0.39, 0.29) is 6.04 Å². The van der Waals surface area contributed by atoms with Crippen molar-refractivity contribution in [1.82, 2.24) is 10.2 Å². The van der Waals surface area contributed by atoms with Gasteiger partial charge in [0.15, 0.2) is 0 Å². The summed E-state index contributed by atoms with van der Waals surface area (Å²) in [6.07, 6.45) is -4.30. The van der Waals surface area contributed by atoms with Crippen LogP contribution in [0.4, 0.5) is 13.2 Å². The Morgan fingerprint density at radius 3 is 2.47 bits per heavy atom. The minimum Gasteiger partial charge on any atom is -0.309 e. The van der Waals surface area contributed by atoms with Crippen LogP contribution >= 0.6 is 15.9 Å². The van der Waals surface area contributed by atoms with Crippen molar-refractivity contribution in [3.8, 4) is 0 Å². The number of alkyl halides is 3. The van der Waals surface area contributed by atoms with E-state index in [0.717, 1.165) is 12.6 Å². The van der Waals surface area contributed by atoms with E-state index in [4.69, 9.17) is 0 Å². The van der Waals surface area contributed by atoms with Crippen LogP contribution in [0.1, 0.15) is 18.1 Å². The maximum Gasteiger partial charge on any atom is 0.416 e. The molecule has 0 radical (unpaired) electrons. The smallest absolute Gasteiger partial charge is 0.309 e. The number of benzene rings is 1. The van der Waals surface area contributed by atoms with E-state index < -0.39 is 11.7 Å². The number of hydrogen-bond donors (Lipinski definition) is 1. The third-order valence-corrected chi connectivity index (χ3v) is 3.43. The predicted octanol–water partition coefficient (Wildman–Crippen LogP) is 3.51. The first kappa shape index (κ1) is 16.5. The fourth-order valence-corrected chi connectivity index (χ4v) is 2.17. The Kier molecular flexibility index (Phi) is 5.82. The maximum atomic E-state index is 12.6. The molecule has 0 fully saturated rings. The van der Waals surface area contributed by atoms with Crippen molar-refractivity contribution in [2.24, 2.45) is 0 Å². The molecule has 1 aromatic rings. The van der Waals surface area contributed by atoms with Crippen LogP contribution in [-0.4, -0.2) is 31.6 Å². The van der Waals surface area contributed by atoms with Gasteiger partial charge in [0, 0.05) is 23.6 Å². The van der Waals surface area contributed by atoms with Gasteiger partial charge in [0.1, 0.15) is 0 Å². The van der Waals surface area contributed by atoms with Crippen LogP contribution in [0.3, 0.4) is 0 Å². The first-order valence-electron chi connectivity index (χ1n) is 5.94. The highest BCUT2D eigenvalue weighted by Gasteiger charge is 2.30. The molecule has 108 valence electrons. The molecule has 0 spiro atoms. The third kappa shape index (κ3) is 5.50. The Labute approximate surface area is 120 Å². The molecule has 0 aliphatic heterocycles. The molecule has 6 heteroatoms. The van der Waals surface area contributed by atoms with Crippen LogP contribution in [0, 0.1) is 0 Å². The van der Waals surface area contributed by atoms with Crippen LogP contribution in [0.2, 0.25) is 0 Å². The number of likely N-dealkylation sites (N-methyl/N-ethyl adjacent to an activating group) is 1. The second-order valence-electron chi connectivity index (χ2n) is 4.85. The standard InChI is InChI=1S/C13H18BrF3N2/c1-9(8-19(2)3)18-7-10-6-11(13(15,16)17)4-5-12(10)14/h4-6,9,18H,7-8H2,1-3H3. The molecule has 0 aliphatic rings. The monoisotopic (exact) mass is 338 g/mol. The Balaban J connectivity index is 2.72. The number of nitrogens with one attached hydrogen (secondary N) is 1. The third-order valence-electron chi connectivity index (χ3n) is 2.65. The molecule has 1 rings (SSSR count). The van der Waals surface area contributed by atoms with E-state index in [1.807, 2.05) is 25.9 Å². The molecule has 1 N–H and O–H groups in total. The van der Waals surface area contributed by atoms with E-state index in [0.29, 0.717) is 16.6 Å². The second kappa shape index (κ2) is 6.72. The lowest BCUT2D eigenvalue weighted by atomic mass is 10.1. The lowest BCUT2D eigenvalue weighted by Crippen LogP contribution is -2.35. The fourth-order valence-electron chi connectivity index (χ4n) is 1.78. The predicted molar refractivity (Wildman–Crippen MR) is 74.0 cm³/mol. The zero-order chi connectivity index (χ0) is 14.6. The first-order valence-corrected chi connectivity index (χ1v) is 6.73. The van der Waals surface area contributed by atoms with E-state index in [1.165, 1.54) is 12.1 Å². The molecule has 0 amide bonds. The summed E-state index contributed by atoms with van der Waals surface area (Å²) in [5.41, 5.74) is -0.00630. The average Bonchev–Trinajstić information content (AvgIpc) is 2.25. The second-order valence-corrected chi connectivity index (χ2v) is 5.70. The number of rotatable bonds is 5. The minimum absolute atomic E-state index is 0.205. The molecule has 0 heterocycles. The Morgan fingerprint density at radius 2 is 1.95 bits per heavy atom. The molecule has 1 atom stereocenters. The van der Waals surface area contributed by atoms with Crippen molar-refractivity contribution in [3.05, 3.63) is 33.8 Å². The summed E-state index contributed by atoms with van der Waals surface area (Å²) in [6, 6.07) is 3.91. The van der Waals surface area contributed by atoms with Crippen molar-refractivity contribution < 1.29 is 13.2 Å². The van der Waals surface area contributed by atoms with Crippen molar-refractivity contribution in [1.29, 1.82) is 0 Å². The van der Waals surface area contributed by atoms with Gasteiger partial charge in [-0.1, -0.05) is 15.9 Å². The molecule has 0 bridgehead atoms. The molecular weight excluding hydrogens is 321 g/mol. The van der Waals surface area contributed by atoms with Gasteiger partial charge in [-0.25, -0.2) is 0 Å². The maximum absolute atomic E-state index is 12.6. The van der Waals surface area contributed by atoms with Gasteiger partial charge >= 0.3 is 6.18 Å². The Bertz CT molecular complexity index is 419. The molecule has 1 unspecified atom stereocenters. The molecular formula is C13H18BrF3N2. The average molecular weight is 339 g/mol. The van der Waals surface area contributed by atoms with Crippen LogP contribution in [0.25, 0.3) is 0 Å². The highest BCUT2D eigenvalue weighted by atomic mass is 79.9. The molecule has 19 heavy (non-hydrogen) atoms. The van der Waals surface area contributed by atoms with Gasteiger partial charge < -0.3 is 10.2 Å². The molecule has 2 nitrogen and oxygen atoms in total. The molecule has 0 saturated heterocycles. The first-order chi connectivity index (χ1) is 8.70. The zero-order valence-electron chi connectivity index (χ0n) is 11.2. The van der Waals surface area contributed by atoms with Crippen LogP contribution in [0.5, 0.6) is 0 Å². The lowest BCUT2D eigenvalue weighted by molar-refractivity contribution is -0.137. The normalized spacial score (nSPS) is 13.9. The van der Waals surface area contributed by atoms with E-state index in [2.05, 4.69) is 21.2 Å². The van der Waals surface area contributed by atoms with Crippen LogP contribution in [0.15, 0.2) is 22.7 Å². The molecule has 0 aromatic heterocycles. The highest BCUT2D eigenvalue weighted by molar-refractivity contribution is 9.10. The quantitative estimate of drug-likeness (QED) is 0.883. The van der Waals surface area contributed by atoms with E-state index >= 15 is 0 Å². The van der Waals surface area contributed by atoms with Gasteiger partial charge in [0.05, 0.1) is 5.56 Å². The summed E-state index contributed by atoms with van der Waals surface area (Å²) in [7, 11) is 3.91. The highest BCUT2D eigenvalue weighted by Crippen LogP contribution is 2.31. The largest absolute Gasteiger partial charge is 0.416 e.